The first kappa shape index (κ1) is 19.6. The molecule has 0 aliphatic rings. The number of halogens is 2. The summed E-state index contributed by atoms with van der Waals surface area (Å²) in [6.07, 6.45) is 1.77. The van der Waals surface area contributed by atoms with Gasteiger partial charge in [0.2, 0.25) is 9.84 Å². The van der Waals surface area contributed by atoms with Gasteiger partial charge in [-0.05, 0) is 35.9 Å². The first-order chi connectivity index (χ1) is 12.8. The number of aromatic nitrogens is 2. The molecule has 0 radical (unpaired) electrons. The van der Waals surface area contributed by atoms with Gasteiger partial charge in [-0.1, -0.05) is 45.7 Å². The monoisotopic (exact) mass is 468 g/mol. The number of nitrogens with zero attached hydrogens (tertiary/aromatic N) is 2. The molecule has 6 nitrogen and oxygen atoms in total. The number of benzene rings is 2. The number of ether oxygens (including phenoxy) is 1. The van der Waals surface area contributed by atoms with Crippen molar-refractivity contribution in [3.8, 4) is 16.8 Å². The minimum absolute atomic E-state index is 0.0583. The molecule has 0 bridgehead atoms. The van der Waals surface area contributed by atoms with Crippen molar-refractivity contribution in [1.29, 1.82) is 0 Å². The minimum Gasteiger partial charge on any atom is -0.449 e. The van der Waals surface area contributed by atoms with Crippen molar-refractivity contribution in [3.05, 3.63) is 64.4 Å². The van der Waals surface area contributed by atoms with E-state index in [1.54, 1.807) is 23.0 Å². The lowest BCUT2D eigenvalue weighted by atomic mass is 10.1. The van der Waals surface area contributed by atoms with Gasteiger partial charge in [-0.3, -0.25) is 4.79 Å². The molecule has 27 heavy (non-hydrogen) atoms. The van der Waals surface area contributed by atoms with Crippen LogP contribution in [0.2, 0.25) is 5.15 Å². The van der Waals surface area contributed by atoms with Gasteiger partial charge in [0.1, 0.15) is 0 Å². The molecule has 0 aliphatic heterocycles. The van der Waals surface area contributed by atoms with Crippen molar-refractivity contribution in [1.82, 2.24) is 9.78 Å². The molecule has 3 aromatic rings. The quantitative estimate of drug-likeness (QED) is 0.522. The van der Waals surface area contributed by atoms with Crippen LogP contribution in [0.3, 0.4) is 0 Å². The van der Waals surface area contributed by atoms with Crippen molar-refractivity contribution >= 4 is 43.3 Å². The van der Waals surface area contributed by atoms with E-state index >= 15 is 0 Å². The van der Waals surface area contributed by atoms with E-state index in [0.717, 1.165) is 17.1 Å². The van der Waals surface area contributed by atoms with Crippen molar-refractivity contribution < 1.29 is 17.9 Å². The third-order valence-corrected chi connectivity index (χ3v) is 5.87. The maximum Gasteiger partial charge on any atom is 0.303 e. The number of sulfone groups is 1. The summed E-state index contributed by atoms with van der Waals surface area (Å²) in [6.45, 7) is 1.16. The first-order valence-corrected chi connectivity index (χ1v) is 10.6. The molecule has 0 unspecified atom stereocenters. The van der Waals surface area contributed by atoms with E-state index in [1.807, 2.05) is 24.3 Å². The number of carbonyl (C=O) groups excluding carboxylic acids is 1. The van der Waals surface area contributed by atoms with E-state index in [0.29, 0.717) is 16.3 Å². The van der Waals surface area contributed by atoms with Gasteiger partial charge in [-0.15, -0.1) is 0 Å². The van der Waals surface area contributed by atoms with Gasteiger partial charge in [0.05, 0.1) is 10.6 Å². The molecule has 3 rings (SSSR count). The lowest BCUT2D eigenvalue weighted by Gasteiger charge is -2.05. The Balaban J connectivity index is 1.89. The molecule has 0 amide bonds. The molecule has 0 saturated heterocycles. The largest absolute Gasteiger partial charge is 0.449 e. The molecule has 0 aliphatic carbocycles. The van der Waals surface area contributed by atoms with E-state index in [-0.39, 0.29) is 4.90 Å². The van der Waals surface area contributed by atoms with Gasteiger partial charge in [-0.2, -0.15) is 5.10 Å². The number of esters is 1. The summed E-state index contributed by atoms with van der Waals surface area (Å²) in [5.41, 5.74) is 2.21. The van der Waals surface area contributed by atoms with Gasteiger partial charge < -0.3 is 4.74 Å². The minimum atomic E-state index is -3.71. The number of rotatable bonds is 5. The molecule has 9 heteroatoms. The molecular formula is C18H14BrClN2O4S. The van der Waals surface area contributed by atoms with Crippen LogP contribution in [0.4, 0.5) is 0 Å². The van der Waals surface area contributed by atoms with Crippen LogP contribution in [0.5, 0.6) is 0 Å². The zero-order valence-electron chi connectivity index (χ0n) is 14.1. The fourth-order valence-electron chi connectivity index (χ4n) is 2.37. The highest BCUT2D eigenvalue weighted by Crippen LogP contribution is 2.29. The molecule has 0 spiro atoms. The number of carbonyl (C=O) groups is 1. The van der Waals surface area contributed by atoms with Gasteiger partial charge in [0.25, 0.3) is 0 Å². The molecule has 0 N–H and O–H groups in total. The summed E-state index contributed by atoms with van der Waals surface area (Å²) < 4.78 is 31.4. The van der Waals surface area contributed by atoms with Gasteiger partial charge in [0, 0.05) is 23.2 Å². The Kier molecular flexibility index (Phi) is 5.69. The van der Waals surface area contributed by atoms with Crippen molar-refractivity contribution in [2.45, 2.75) is 11.8 Å². The van der Waals surface area contributed by atoms with Crippen molar-refractivity contribution in [2.24, 2.45) is 0 Å². The Labute approximate surface area is 169 Å². The molecule has 0 atom stereocenters. The Hall–Kier alpha value is -2.16. The van der Waals surface area contributed by atoms with Gasteiger partial charge in [0.15, 0.2) is 11.1 Å². The van der Waals surface area contributed by atoms with Crippen LogP contribution in [0, 0.1) is 0 Å². The third kappa shape index (κ3) is 4.58. The zero-order valence-corrected chi connectivity index (χ0v) is 17.3. The van der Waals surface area contributed by atoms with Crippen molar-refractivity contribution in [3.63, 3.8) is 0 Å². The first-order valence-electron chi connectivity index (χ1n) is 7.74. The maximum atomic E-state index is 12.1. The zero-order chi connectivity index (χ0) is 19.6. The van der Waals surface area contributed by atoms with Crippen LogP contribution in [0.15, 0.2) is 64.1 Å². The maximum absolute atomic E-state index is 12.1. The Morgan fingerprint density at radius 3 is 2.56 bits per heavy atom. The fraction of sp³-hybridized carbons (Fsp3) is 0.111. The third-order valence-electron chi connectivity index (χ3n) is 3.68. The molecular weight excluding hydrogens is 456 g/mol. The SMILES string of the molecule is CC(=O)OCS(=O)(=O)c1ccc(-c2cn(-c3cccc(Br)c3)nc2Cl)cc1. The lowest BCUT2D eigenvalue weighted by molar-refractivity contribution is -0.138. The van der Waals surface area contributed by atoms with Crippen LogP contribution in [0.1, 0.15) is 6.92 Å². The summed E-state index contributed by atoms with van der Waals surface area (Å²) in [5, 5.41) is 4.60. The topological polar surface area (TPSA) is 78.3 Å². The second kappa shape index (κ2) is 7.84. The standard InChI is InChI=1S/C18H14BrClN2O4S/c1-12(23)26-11-27(24,25)16-7-5-13(6-8-16)17-10-22(21-18(17)20)15-4-2-3-14(19)9-15/h2-10H,11H2,1H3. The second-order valence-electron chi connectivity index (χ2n) is 5.65. The van der Waals surface area contributed by atoms with Gasteiger partial charge >= 0.3 is 5.97 Å². The molecule has 1 aromatic heterocycles. The van der Waals surface area contributed by atoms with Crippen LogP contribution in [-0.2, 0) is 19.4 Å². The number of hydrogen-bond acceptors (Lipinski definition) is 5. The van der Waals surface area contributed by atoms with E-state index in [1.165, 1.54) is 12.1 Å². The average Bonchev–Trinajstić information content (AvgIpc) is 3.02. The molecule has 0 saturated carbocycles. The summed E-state index contributed by atoms with van der Waals surface area (Å²) in [6, 6.07) is 13.7. The molecule has 1 heterocycles. The van der Waals surface area contributed by atoms with Crippen LogP contribution < -0.4 is 0 Å². The average molecular weight is 470 g/mol. The summed E-state index contributed by atoms with van der Waals surface area (Å²) in [4.78, 5) is 10.9. The predicted molar refractivity (Wildman–Crippen MR) is 106 cm³/mol. The molecule has 0 fully saturated rings. The fourth-order valence-corrected chi connectivity index (χ4v) is 4.00. The van der Waals surface area contributed by atoms with Crippen LogP contribution in [-0.4, -0.2) is 30.1 Å². The van der Waals surface area contributed by atoms with Crippen LogP contribution >= 0.6 is 27.5 Å². The normalized spacial score (nSPS) is 11.4. The molecule has 140 valence electrons. The van der Waals surface area contributed by atoms with E-state index < -0.39 is 21.7 Å². The predicted octanol–water partition coefficient (Wildman–Crippen LogP) is 4.25. The van der Waals surface area contributed by atoms with Crippen molar-refractivity contribution in [2.75, 3.05) is 5.94 Å². The Bertz CT molecular complexity index is 1090. The lowest BCUT2D eigenvalue weighted by Crippen LogP contribution is -2.12. The van der Waals surface area contributed by atoms with Gasteiger partial charge in [-0.25, -0.2) is 13.1 Å². The Morgan fingerprint density at radius 2 is 1.93 bits per heavy atom. The highest BCUT2D eigenvalue weighted by Gasteiger charge is 2.17. The summed E-state index contributed by atoms with van der Waals surface area (Å²) >= 11 is 9.68. The summed E-state index contributed by atoms with van der Waals surface area (Å²) in [5.74, 6) is -1.34. The van der Waals surface area contributed by atoms with E-state index in [4.69, 9.17) is 11.6 Å². The highest BCUT2D eigenvalue weighted by atomic mass is 79.9. The second-order valence-corrected chi connectivity index (χ2v) is 8.86. The molecule has 2 aromatic carbocycles. The van der Waals surface area contributed by atoms with E-state index in [9.17, 15) is 13.2 Å². The Morgan fingerprint density at radius 1 is 1.22 bits per heavy atom. The highest BCUT2D eigenvalue weighted by molar-refractivity contribution is 9.10. The summed E-state index contributed by atoms with van der Waals surface area (Å²) in [7, 11) is -3.71. The smallest absolute Gasteiger partial charge is 0.303 e. The van der Waals surface area contributed by atoms with E-state index in [2.05, 4.69) is 25.8 Å². The van der Waals surface area contributed by atoms with Crippen LogP contribution in [0.25, 0.3) is 16.8 Å². The number of hydrogen-bond donors (Lipinski definition) is 0.